The number of nitrogens with zero attached hydrogens (tertiary/aromatic N) is 1. The van der Waals surface area contributed by atoms with E-state index in [1.165, 1.54) is 0 Å². The van der Waals surface area contributed by atoms with Crippen molar-refractivity contribution in [1.29, 1.82) is 0 Å². The molecular weight excluding hydrogens is 392 g/mol. The Kier molecular flexibility index (Phi) is 8.04. The molecule has 162 valence electrons. The number of methoxy groups -OCH3 is 1. The first kappa shape index (κ1) is 22.3. The first-order chi connectivity index (χ1) is 15.0. The molecule has 0 radical (unpaired) electrons. The normalized spacial score (nSPS) is 11.7. The highest BCUT2D eigenvalue weighted by Gasteiger charge is 2.13. The highest BCUT2D eigenvalue weighted by molar-refractivity contribution is 5.92. The van der Waals surface area contributed by atoms with Crippen LogP contribution in [0.4, 0.5) is 5.69 Å². The van der Waals surface area contributed by atoms with Gasteiger partial charge in [0.1, 0.15) is 24.2 Å². The Bertz CT molecular complexity index is 961. The van der Waals surface area contributed by atoms with Crippen LogP contribution in [0.5, 0.6) is 11.5 Å². The third-order valence-electron chi connectivity index (χ3n) is 4.69. The van der Waals surface area contributed by atoms with Crippen LogP contribution in [0, 0.1) is 0 Å². The van der Waals surface area contributed by atoms with Gasteiger partial charge >= 0.3 is 0 Å². The summed E-state index contributed by atoms with van der Waals surface area (Å²) in [7, 11) is 3.36. The van der Waals surface area contributed by atoms with Crippen LogP contribution in [0.2, 0.25) is 0 Å². The molecule has 1 atom stereocenters. The van der Waals surface area contributed by atoms with Crippen molar-refractivity contribution in [1.82, 2.24) is 4.90 Å². The summed E-state index contributed by atoms with van der Waals surface area (Å²) in [5, 5.41) is 13.1. The van der Waals surface area contributed by atoms with E-state index in [1.807, 2.05) is 54.6 Å². The summed E-state index contributed by atoms with van der Waals surface area (Å²) < 4.78 is 10.8. The molecule has 0 aromatic heterocycles. The van der Waals surface area contributed by atoms with Crippen LogP contribution >= 0.6 is 0 Å². The molecule has 0 saturated carbocycles. The van der Waals surface area contributed by atoms with E-state index in [1.54, 1.807) is 31.2 Å². The SMILES string of the molecule is COc1cccc(NC(=O)CN(C)CC(O)COc2ccc(-c3ccccc3)cc2)c1. The van der Waals surface area contributed by atoms with Crippen molar-refractivity contribution in [2.45, 2.75) is 6.10 Å². The third kappa shape index (κ3) is 7.13. The number of benzene rings is 3. The minimum absolute atomic E-state index is 0.145. The number of ether oxygens (including phenoxy) is 2. The average Bonchev–Trinajstić information content (AvgIpc) is 2.78. The molecule has 0 aliphatic carbocycles. The van der Waals surface area contributed by atoms with Crippen molar-refractivity contribution < 1.29 is 19.4 Å². The molecule has 2 N–H and O–H groups in total. The van der Waals surface area contributed by atoms with E-state index in [4.69, 9.17) is 9.47 Å². The number of hydrogen-bond acceptors (Lipinski definition) is 5. The van der Waals surface area contributed by atoms with Crippen molar-refractivity contribution in [2.75, 3.05) is 39.2 Å². The van der Waals surface area contributed by atoms with Gasteiger partial charge in [0.25, 0.3) is 0 Å². The van der Waals surface area contributed by atoms with E-state index in [2.05, 4.69) is 17.4 Å². The van der Waals surface area contributed by atoms with Crippen molar-refractivity contribution in [3.63, 3.8) is 0 Å². The molecule has 0 bridgehead atoms. The van der Waals surface area contributed by atoms with Gasteiger partial charge < -0.3 is 19.9 Å². The summed E-state index contributed by atoms with van der Waals surface area (Å²) >= 11 is 0. The Labute approximate surface area is 183 Å². The monoisotopic (exact) mass is 420 g/mol. The quantitative estimate of drug-likeness (QED) is 0.524. The number of hydrogen-bond donors (Lipinski definition) is 2. The second-order valence-electron chi connectivity index (χ2n) is 7.33. The van der Waals surface area contributed by atoms with Crippen LogP contribution in [0.15, 0.2) is 78.9 Å². The molecule has 3 rings (SSSR count). The second kappa shape index (κ2) is 11.2. The average molecular weight is 421 g/mol. The van der Waals surface area contributed by atoms with Gasteiger partial charge in [-0.15, -0.1) is 0 Å². The van der Waals surface area contributed by atoms with E-state index in [0.717, 1.165) is 11.1 Å². The number of nitrogens with one attached hydrogen (secondary N) is 1. The van der Waals surface area contributed by atoms with Crippen LogP contribution in [0.3, 0.4) is 0 Å². The smallest absolute Gasteiger partial charge is 0.238 e. The van der Waals surface area contributed by atoms with Gasteiger partial charge in [-0.3, -0.25) is 9.69 Å². The Morgan fingerprint density at radius 3 is 2.39 bits per heavy atom. The summed E-state index contributed by atoms with van der Waals surface area (Å²) in [5.74, 6) is 1.20. The standard InChI is InChI=1S/C25H28N2O4/c1-27(17-25(29)26-21-9-6-10-24(15-21)30-2)16-22(28)18-31-23-13-11-20(12-14-23)19-7-4-3-5-8-19/h3-15,22,28H,16-18H2,1-2H3,(H,26,29). The van der Waals surface area contributed by atoms with Crippen LogP contribution in [-0.2, 0) is 4.79 Å². The number of likely N-dealkylation sites (N-methyl/N-ethyl adjacent to an activating group) is 1. The predicted molar refractivity (Wildman–Crippen MR) is 123 cm³/mol. The number of carbonyl (C=O) groups excluding carboxylic acids is 1. The summed E-state index contributed by atoms with van der Waals surface area (Å²) in [4.78, 5) is 14.0. The minimum atomic E-state index is -0.719. The summed E-state index contributed by atoms with van der Waals surface area (Å²) in [6.07, 6.45) is -0.719. The van der Waals surface area contributed by atoms with Crippen molar-refractivity contribution in [3.05, 3.63) is 78.9 Å². The molecule has 0 heterocycles. The fourth-order valence-corrected chi connectivity index (χ4v) is 3.19. The van der Waals surface area contributed by atoms with E-state index in [0.29, 0.717) is 23.7 Å². The molecule has 3 aromatic rings. The number of amides is 1. The highest BCUT2D eigenvalue weighted by Crippen LogP contribution is 2.22. The van der Waals surface area contributed by atoms with Gasteiger partial charge in [0.05, 0.1) is 13.7 Å². The number of rotatable bonds is 10. The van der Waals surface area contributed by atoms with Gasteiger partial charge in [-0.2, -0.15) is 0 Å². The first-order valence-corrected chi connectivity index (χ1v) is 10.1. The molecule has 6 heteroatoms. The van der Waals surface area contributed by atoms with Gasteiger partial charge in [0.15, 0.2) is 0 Å². The summed E-state index contributed by atoms with van der Waals surface area (Å²) in [6, 6.07) is 25.0. The third-order valence-corrected chi connectivity index (χ3v) is 4.69. The zero-order valence-electron chi connectivity index (χ0n) is 17.8. The van der Waals surface area contributed by atoms with Gasteiger partial charge in [-0.25, -0.2) is 0 Å². The molecule has 0 aliphatic rings. The number of aliphatic hydroxyl groups excluding tert-OH is 1. The van der Waals surface area contributed by atoms with Crippen LogP contribution < -0.4 is 14.8 Å². The summed E-state index contributed by atoms with van der Waals surface area (Å²) in [6.45, 7) is 0.611. The molecule has 1 amide bonds. The van der Waals surface area contributed by atoms with Crippen molar-refractivity contribution in [2.24, 2.45) is 0 Å². The molecule has 0 aliphatic heterocycles. The number of carbonyl (C=O) groups is 1. The maximum atomic E-state index is 12.2. The maximum Gasteiger partial charge on any atom is 0.238 e. The molecule has 0 saturated heterocycles. The van der Waals surface area contributed by atoms with Crippen LogP contribution in [-0.4, -0.2) is 55.9 Å². The zero-order chi connectivity index (χ0) is 22.1. The van der Waals surface area contributed by atoms with E-state index >= 15 is 0 Å². The Balaban J connectivity index is 1.41. The lowest BCUT2D eigenvalue weighted by Crippen LogP contribution is -2.37. The van der Waals surface area contributed by atoms with Gasteiger partial charge in [-0.1, -0.05) is 48.5 Å². The Morgan fingerprint density at radius 2 is 1.68 bits per heavy atom. The lowest BCUT2D eigenvalue weighted by atomic mass is 10.1. The lowest BCUT2D eigenvalue weighted by Gasteiger charge is -2.20. The highest BCUT2D eigenvalue weighted by atomic mass is 16.5. The molecular formula is C25H28N2O4. The van der Waals surface area contributed by atoms with Crippen LogP contribution in [0.25, 0.3) is 11.1 Å². The zero-order valence-corrected chi connectivity index (χ0v) is 17.8. The van der Waals surface area contributed by atoms with Gasteiger partial charge in [0.2, 0.25) is 5.91 Å². The van der Waals surface area contributed by atoms with E-state index < -0.39 is 6.10 Å². The maximum absolute atomic E-state index is 12.2. The Hall–Kier alpha value is -3.35. The fraction of sp³-hybridized carbons (Fsp3) is 0.240. The molecule has 3 aromatic carbocycles. The van der Waals surface area contributed by atoms with E-state index in [9.17, 15) is 9.90 Å². The summed E-state index contributed by atoms with van der Waals surface area (Å²) in [5.41, 5.74) is 2.92. The van der Waals surface area contributed by atoms with Crippen LogP contribution in [0.1, 0.15) is 0 Å². The number of anilines is 1. The second-order valence-corrected chi connectivity index (χ2v) is 7.33. The van der Waals surface area contributed by atoms with Crippen molar-refractivity contribution >= 4 is 11.6 Å². The topological polar surface area (TPSA) is 71.0 Å². The molecule has 0 spiro atoms. The largest absolute Gasteiger partial charge is 0.497 e. The molecule has 31 heavy (non-hydrogen) atoms. The molecule has 6 nitrogen and oxygen atoms in total. The van der Waals surface area contributed by atoms with Crippen molar-refractivity contribution in [3.8, 4) is 22.6 Å². The fourth-order valence-electron chi connectivity index (χ4n) is 3.19. The lowest BCUT2D eigenvalue weighted by molar-refractivity contribution is -0.117. The van der Waals surface area contributed by atoms with Gasteiger partial charge in [-0.05, 0) is 42.4 Å². The predicted octanol–water partition coefficient (Wildman–Crippen LogP) is 3.67. The first-order valence-electron chi connectivity index (χ1n) is 10.1. The van der Waals surface area contributed by atoms with Gasteiger partial charge in [0, 0.05) is 18.3 Å². The van der Waals surface area contributed by atoms with E-state index in [-0.39, 0.29) is 19.1 Å². The Morgan fingerprint density at radius 1 is 0.968 bits per heavy atom. The molecule has 1 unspecified atom stereocenters. The minimum Gasteiger partial charge on any atom is -0.497 e. The molecule has 0 fully saturated rings. The number of aliphatic hydroxyl groups is 1.